The summed E-state index contributed by atoms with van der Waals surface area (Å²) in [5.41, 5.74) is 3.48. The lowest BCUT2D eigenvalue weighted by Crippen LogP contribution is -2.43. The summed E-state index contributed by atoms with van der Waals surface area (Å²) in [5.74, 6) is 11.9. The molecule has 0 radical (unpaired) electrons. The number of carbonyl (C=O) groups excluding carboxylic acids is 1. The van der Waals surface area contributed by atoms with Crippen molar-refractivity contribution in [2.75, 3.05) is 11.5 Å². The number of hydrazine groups is 2. The maximum Gasteiger partial charge on any atom is 0.343 e. The Kier molecular flexibility index (Phi) is 8.30. The molecule has 0 aromatic heterocycles. The van der Waals surface area contributed by atoms with Crippen LogP contribution in [0.3, 0.4) is 0 Å². The topological polar surface area (TPSA) is 93.2 Å². The lowest BCUT2D eigenvalue weighted by molar-refractivity contribution is 0.241. The number of carbonyl (C=O) groups is 1. The van der Waals surface area contributed by atoms with Gasteiger partial charge < -0.3 is 0 Å². The van der Waals surface area contributed by atoms with Crippen LogP contribution in [0.1, 0.15) is 19.3 Å². The van der Waals surface area contributed by atoms with Gasteiger partial charge in [0.2, 0.25) is 0 Å². The Balaban J connectivity index is 0.000000202. The summed E-state index contributed by atoms with van der Waals surface area (Å²) in [6.45, 7) is 0. The van der Waals surface area contributed by atoms with Crippen molar-refractivity contribution in [3.8, 4) is 0 Å². The van der Waals surface area contributed by atoms with Crippen molar-refractivity contribution in [1.82, 2.24) is 10.9 Å². The van der Waals surface area contributed by atoms with Crippen LogP contribution in [-0.4, -0.2) is 17.5 Å². The van der Waals surface area contributed by atoms with E-state index in [2.05, 4.69) is 23.4 Å². The molecule has 1 saturated heterocycles. The second-order valence-corrected chi connectivity index (χ2v) is 3.52. The van der Waals surface area contributed by atoms with Gasteiger partial charge in [0, 0.05) is 0 Å². The van der Waals surface area contributed by atoms with Crippen molar-refractivity contribution in [2.45, 2.75) is 19.3 Å². The highest BCUT2D eigenvalue weighted by Crippen LogP contribution is 2.14. The molecule has 0 aliphatic carbocycles. The molecule has 0 spiro atoms. The summed E-state index contributed by atoms with van der Waals surface area (Å²) in [6, 6.07) is -0.602. The van der Waals surface area contributed by atoms with Crippen molar-refractivity contribution in [3.63, 3.8) is 0 Å². The molecule has 1 heterocycles. The summed E-state index contributed by atoms with van der Waals surface area (Å²) in [5, 5.41) is 0. The second kappa shape index (κ2) is 8.63. The van der Waals surface area contributed by atoms with Crippen LogP contribution in [0.25, 0.3) is 0 Å². The van der Waals surface area contributed by atoms with Crippen LogP contribution in [0.4, 0.5) is 4.79 Å². The number of nitrogens with two attached hydrogens (primary N) is 2. The Morgan fingerprint density at radius 1 is 1.08 bits per heavy atom. The maximum absolute atomic E-state index is 9.71. The van der Waals surface area contributed by atoms with Gasteiger partial charge >= 0.3 is 6.03 Å². The second-order valence-electron chi connectivity index (χ2n) is 2.29. The van der Waals surface area contributed by atoms with Gasteiger partial charge in [-0.2, -0.15) is 11.8 Å². The van der Waals surface area contributed by atoms with Crippen molar-refractivity contribution in [2.24, 2.45) is 11.7 Å². The summed E-state index contributed by atoms with van der Waals surface area (Å²) in [4.78, 5) is 9.71. The van der Waals surface area contributed by atoms with Gasteiger partial charge in [-0.1, -0.05) is 6.42 Å². The maximum atomic E-state index is 9.71. The molecule has 0 bridgehead atoms. The molecule has 72 valence electrons. The molecule has 12 heavy (non-hydrogen) atoms. The molecule has 1 rings (SSSR count). The minimum atomic E-state index is -0.602. The van der Waals surface area contributed by atoms with E-state index in [1.807, 2.05) is 0 Å². The molecular formula is C6H16N4OS. The van der Waals surface area contributed by atoms with Gasteiger partial charge in [0.05, 0.1) is 0 Å². The molecule has 1 fully saturated rings. The normalized spacial score (nSPS) is 15.5. The monoisotopic (exact) mass is 192 g/mol. The SMILES string of the molecule is C1CCSCC1.NNC(=O)NN. The molecule has 0 saturated carbocycles. The quantitative estimate of drug-likeness (QED) is 0.246. The van der Waals surface area contributed by atoms with Gasteiger partial charge in [0.25, 0.3) is 0 Å². The summed E-state index contributed by atoms with van der Waals surface area (Å²) >= 11 is 2.09. The number of hydrogen-bond acceptors (Lipinski definition) is 4. The van der Waals surface area contributed by atoms with E-state index in [0.29, 0.717) is 0 Å². The third kappa shape index (κ3) is 7.64. The Hall–Kier alpha value is -0.460. The summed E-state index contributed by atoms with van der Waals surface area (Å²) in [6.07, 6.45) is 4.41. The molecule has 5 nitrogen and oxygen atoms in total. The third-order valence-electron chi connectivity index (χ3n) is 1.34. The zero-order valence-corrected chi connectivity index (χ0v) is 7.82. The molecule has 2 amide bonds. The smallest absolute Gasteiger partial charge is 0.275 e. The van der Waals surface area contributed by atoms with Crippen molar-refractivity contribution in [3.05, 3.63) is 0 Å². The molecular weight excluding hydrogens is 176 g/mol. The van der Waals surface area contributed by atoms with E-state index in [-0.39, 0.29) is 0 Å². The molecule has 0 aromatic carbocycles. The fraction of sp³-hybridized carbons (Fsp3) is 0.833. The van der Waals surface area contributed by atoms with Gasteiger partial charge in [-0.05, 0) is 24.3 Å². The number of hydrogen-bond donors (Lipinski definition) is 4. The number of thioether (sulfide) groups is 1. The molecule has 1 aliphatic heterocycles. The van der Waals surface area contributed by atoms with E-state index in [1.165, 1.54) is 30.8 Å². The molecule has 0 aromatic rings. The molecule has 6 N–H and O–H groups in total. The van der Waals surface area contributed by atoms with E-state index in [9.17, 15) is 4.79 Å². The largest absolute Gasteiger partial charge is 0.343 e. The Bertz CT molecular complexity index is 101. The lowest BCUT2D eigenvalue weighted by atomic mass is 10.3. The Morgan fingerprint density at radius 2 is 1.58 bits per heavy atom. The van der Waals surface area contributed by atoms with E-state index >= 15 is 0 Å². The minimum absolute atomic E-state index is 0.602. The van der Waals surface area contributed by atoms with E-state index < -0.39 is 6.03 Å². The van der Waals surface area contributed by atoms with E-state index in [1.54, 1.807) is 10.9 Å². The summed E-state index contributed by atoms with van der Waals surface area (Å²) < 4.78 is 0. The number of nitrogens with one attached hydrogen (secondary N) is 2. The van der Waals surface area contributed by atoms with Crippen molar-refractivity contribution in [1.29, 1.82) is 0 Å². The zero-order chi connectivity index (χ0) is 9.23. The van der Waals surface area contributed by atoms with Crippen molar-refractivity contribution >= 4 is 17.8 Å². The van der Waals surface area contributed by atoms with E-state index in [0.717, 1.165) is 0 Å². The number of rotatable bonds is 0. The molecule has 0 atom stereocenters. The van der Waals surface area contributed by atoms with Gasteiger partial charge in [0.15, 0.2) is 0 Å². The van der Waals surface area contributed by atoms with E-state index in [4.69, 9.17) is 0 Å². The first-order valence-electron chi connectivity index (χ1n) is 3.86. The van der Waals surface area contributed by atoms with Crippen LogP contribution in [0.5, 0.6) is 0 Å². The van der Waals surface area contributed by atoms with Gasteiger partial charge in [-0.3, -0.25) is 10.9 Å². The third-order valence-corrected chi connectivity index (χ3v) is 2.49. The average Bonchev–Trinajstić information content (AvgIpc) is 2.20. The minimum Gasteiger partial charge on any atom is -0.275 e. The van der Waals surface area contributed by atoms with Gasteiger partial charge in [-0.25, -0.2) is 16.5 Å². The van der Waals surface area contributed by atoms with Crippen LogP contribution < -0.4 is 22.5 Å². The predicted molar refractivity (Wildman–Crippen MR) is 51.2 cm³/mol. The first-order chi connectivity index (χ1) is 5.81. The lowest BCUT2D eigenvalue weighted by Gasteiger charge is -2.05. The standard InChI is InChI=1S/C5H10S.CH6N4O/c1-2-4-6-5-3-1;2-4-1(6)5-3/h1-5H2;2-3H2,(H2,4,5,6). The van der Waals surface area contributed by atoms with Crippen LogP contribution in [0, 0.1) is 0 Å². The molecule has 0 unspecified atom stereocenters. The first kappa shape index (κ1) is 11.5. The number of urea groups is 1. The fourth-order valence-electron chi connectivity index (χ4n) is 0.729. The Morgan fingerprint density at radius 3 is 1.67 bits per heavy atom. The van der Waals surface area contributed by atoms with Gasteiger partial charge in [-0.15, -0.1) is 0 Å². The molecule has 1 aliphatic rings. The zero-order valence-electron chi connectivity index (χ0n) is 7.01. The summed E-state index contributed by atoms with van der Waals surface area (Å²) in [7, 11) is 0. The highest BCUT2D eigenvalue weighted by atomic mass is 32.2. The highest BCUT2D eigenvalue weighted by molar-refractivity contribution is 7.99. The van der Waals surface area contributed by atoms with Crippen LogP contribution in [0.15, 0.2) is 0 Å². The first-order valence-corrected chi connectivity index (χ1v) is 5.01. The average molecular weight is 192 g/mol. The van der Waals surface area contributed by atoms with Crippen LogP contribution in [-0.2, 0) is 0 Å². The van der Waals surface area contributed by atoms with Crippen molar-refractivity contribution < 1.29 is 4.79 Å². The fourth-order valence-corrected chi connectivity index (χ4v) is 1.75. The van der Waals surface area contributed by atoms with Gasteiger partial charge in [0.1, 0.15) is 0 Å². The number of amides is 2. The Labute approximate surface area is 76.6 Å². The highest BCUT2D eigenvalue weighted by Gasteiger charge is 1.95. The van der Waals surface area contributed by atoms with Crippen LogP contribution in [0.2, 0.25) is 0 Å². The molecule has 6 heteroatoms. The van der Waals surface area contributed by atoms with Crippen LogP contribution >= 0.6 is 11.8 Å². The predicted octanol–water partition coefficient (Wildman–Crippen LogP) is -0.0635.